The SMILES string of the molecule is O=C(O)c1c(CCc2cccc(Br)c2)ccc2nccn12. The number of rotatable bonds is 4. The third kappa shape index (κ3) is 2.83. The van der Waals surface area contributed by atoms with Crippen LogP contribution in [0.15, 0.2) is 53.3 Å². The van der Waals surface area contributed by atoms with E-state index in [-0.39, 0.29) is 0 Å². The number of imidazole rings is 1. The van der Waals surface area contributed by atoms with Crippen LogP contribution >= 0.6 is 15.9 Å². The second kappa shape index (κ2) is 5.69. The molecule has 0 aliphatic heterocycles. The molecule has 1 aromatic carbocycles. The molecule has 0 radical (unpaired) electrons. The van der Waals surface area contributed by atoms with Crippen molar-refractivity contribution in [1.82, 2.24) is 9.38 Å². The fraction of sp³-hybridized carbons (Fsp3) is 0.125. The van der Waals surface area contributed by atoms with Crippen molar-refractivity contribution < 1.29 is 9.90 Å². The molecule has 106 valence electrons. The van der Waals surface area contributed by atoms with E-state index < -0.39 is 5.97 Å². The van der Waals surface area contributed by atoms with Gasteiger partial charge in [0.1, 0.15) is 11.3 Å². The fourth-order valence-electron chi connectivity index (χ4n) is 2.45. The van der Waals surface area contributed by atoms with Gasteiger partial charge >= 0.3 is 5.97 Å². The van der Waals surface area contributed by atoms with E-state index in [9.17, 15) is 9.90 Å². The van der Waals surface area contributed by atoms with Crippen LogP contribution in [0, 0.1) is 0 Å². The Labute approximate surface area is 130 Å². The number of halogens is 1. The third-order valence-corrected chi connectivity index (χ3v) is 3.92. The number of carbonyl (C=O) groups is 1. The Morgan fingerprint density at radius 1 is 1.24 bits per heavy atom. The lowest BCUT2D eigenvalue weighted by molar-refractivity contribution is 0.0687. The van der Waals surface area contributed by atoms with Gasteiger partial charge in [-0.05, 0) is 42.2 Å². The summed E-state index contributed by atoms with van der Waals surface area (Å²) in [5, 5.41) is 9.47. The summed E-state index contributed by atoms with van der Waals surface area (Å²) in [5.74, 6) is -0.928. The molecule has 0 atom stereocenters. The largest absolute Gasteiger partial charge is 0.477 e. The molecule has 0 fully saturated rings. The minimum Gasteiger partial charge on any atom is -0.477 e. The van der Waals surface area contributed by atoms with Crippen molar-refractivity contribution in [1.29, 1.82) is 0 Å². The van der Waals surface area contributed by atoms with Gasteiger partial charge in [0.2, 0.25) is 0 Å². The molecule has 0 saturated heterocycles. The number of pyridine rings is 1. The van der Waals surface area contributed by atoms with E-state index in [2.05, 4.69) is 27.0 Å². The summed E-state index contributed by atoms with van der Waals surface area (Å²) in [5.41, 5.74) is 2.93. The van der Waals surface area contributed by atoms with Crippen LogP contribution in [0.3, 0.4) is 0 Å². The molecule has 0 bridgehead atoms. The summed E-state index contributed by atoms with van der Waals surface area (Å²) in [6.45, 7) is 0. The molecule has 0 saturated carbocycles. The predicted molar refractivity (Wildman–Crippen MR) is 83.7 cm³/mol. The van der Waals surface area contributed by atoms with Gasteiger partial charge in [-0.25, -0.2) is 9.78 Å². The minimum absolute atomic E-state index is 0.292. The molecule has 1 N–H and O–H groups in total. The molecule has 5 heteroatoms. The van der Waals surface area contributed by atoms with Gasteiger partial charge in [-0.15, -0.1) is 0 Å². The maximum atomic E-state index is 11.5. The monoisotopic (exact) mass is 344 g/mol. The van der Waals surface area contributed by atoms with E-state index in [0.29, 0.717) is 17.8 Å². The zero-order chi connectivity index (χ0) is 14.8. The van der Waals surface area contributed by atoms with Crippen LogP contribution in [0.2, 0.25) is 0 Å². The third-order valence-electron chi connectivity index (χ3n) is 3.42. The Bertz CT molecular complexity index is 811. The van der Waals surface area contributed by atoms with Gasteiger partial charge in [0.05, 0.1) is 0 Å². The number of nitrogens with zero attached hydrogens (tertiary/aromatic N) is 2. The van der Waals surface area contributed by atoms with Gasteiger partial charge in [-0.3, -0.25) is 4.40 Å². The number of fused-ring (bicyclic) bond motifs is 1. The quantitative estimate of drug-likeness (QED) is 0.786. The summed E-state index contributed by atoms with van der Waals surface area (Å²) in [6, 6.07) is 11.8. The van der Waals surface area contributed by atoms with Crippen molar-refractivity contribution in [3.63, 3.8) is 0 Å². The van der Waals surface area contributed by atoms with E-state index in [0.717, 1.165) is 16.5 Å². The minimum atomic E-state index is -0.928. The summed E-state index contributed by atoms with van der Waals surface area (Å²) in [6.07, 6.45) is 4.76. The van der Waals surface area contributed by atoms with E-state index in [1.165, 1.54) is 5.56 Å². The van der Waals surface area contributed by atoms with Gasteiger partial charge < -0.3 is 5.11 Å². The van der Waals surface area contributed by atoms with E-state index in [1.54, 1.807) is 16.8 Å². The van der Waals surface area contributed by atoms with E-state index >= 15 is 0 Å². The smallest absolute Gasteiger partial charge is 0.353 e. The zero-order valence-electron chi connectivity index (χ0n) is 11.2. The average molecular weight is 345 g/mol. The fourth-order valence-corrected chi connectivity index (χ4v) is 2.90. The summed E-state index contributed by atoms with van der Waals surface area (Å²) < 4.78 is 2.65. The van der Waals surface area contributed by atoms with Gasteiger partial charge in [-0.1, -0.05) is 34.1 Å². The first-order chi connectivity index (χ1) is 10.1. The van der Waals surface area contributed by atoms with E-state index in [4.69, 9.17) is 0 Å². The number of carboxylic acid groups (broad SMARTS) is 1. The van der Waals surface area contributed by atoms with Crippen LogP contribution in [0.5, 0.6) is 0 Å². The molecule has 2 aromatic heterocycles. The lowest BCUT2D eigenvalue weighted by Crippen LogP contribution is -2.10. The molecule has 3 aromatic rings. The van der Waals surface area contributed by atoms with Crippen molar-refractivity contribution >= 4 is 27.5 Å². The topological polar surface area (TPSA) is 54.6 Å². The van der Waals surface area contributed by atoms with Crippen LogP contribution in [0.25, 0.3) is 5.65 Å². The molecule has 2 heterocycles. The number of aromatic nitrogens is 2. The molecule has 0 unspecified atom stereocenters. The van der Waals surface area contributed by atoms with Gasteiger partial charge in [0.25, 0.3) is 0 Å². The molecule has 21 heavy (non-hydrogen) atoms. The highest BCUT2D eigenvalue weighted by molar-refractivity contribution is 9.10. The number of aromatic carboxylic acids is 1. The Morgan fingerprint density at radius 3 is 2.86 bits per heavy atom. The summed E-state index contributed by atoms with van der Waals surface area (Å²) in [4.78, 5) is 15.7. The highest BCUT2D eigenvalue weighted by atomic mass is 79.9. The van der Waals surface area contributed by atoms with Crippen molar-refractivity contribution in [2.45, 2.75) is 12.8 Å². The van der Waals surface area contributed by atoms with Crippen molar-refractivity contribution in [3.8, 4) is 0 Å². The summed E-state index contributed by atoms with van der Waals surface area (Å²) >= 11 is 3.45. The van der Waals surface area contributed by atoms with Crippen LogP contribution < -0.4 is 0 Å². The maximum absolute atomic E-state index is 11.5. The Hall–Kier alpha value is -2.14. The molecule has 4 nitrogen and oxygen atoms in total. The molecular formula is C16H13BrN2O2. The zero-order valence-corrected chi connectivity index (χ0v) is 12.7. The second-order valence-corrected chi connectivity index (χ2v) is 5.71. The first-order valence-electron chi connectivity index (χ1n) is 6.58. The maximum Gasteiger partial charge on any atom is 0.353 e. The highest BCUT2D eigenvalue weighted by Gasteiger charge is 2.14. The van der Waals surface area contributed by atoms with Gasteiger partial charge in [0.15, 0.2) is 0 Å². The molecule has 3 rings (SSSR count). The van der Waals surface area contributed by atoms with Crippen LogP contribution in [0.4, 0.5) is 0 Å². The Balaban J connectivity index is 1.93. The van der Waals surface area contributed by atoms with Gasteiger partial charge in [-0.2, -0.15) is 0 Å². The van der Waals surface area contributed by atoms with Crippen molar-refractivity contribution in [2.75, 3.05) is 0 Å². The first-order valence-corrected chi connectivity index (χ1v) is 7.37. The number of aryl methyl sites for hydroxylation is 2. The molecule has 0 spiro atoms. The van der Waals surface area contributed by atoms with Crippen LogP contribution in [-0.4, -0.2) is 20.5 Å². The van der Waals surface area contributed by atoms with Crippen molar-refractivity contribution in [3.05, 3.63) is 70.1 Å². The standard InChI is InChI=1S/C16H13BrN2O2/c17-13-3-1-2-11(10-13)4-5-12-6-7-14-18-8-9-19(14)15(12)16(20)21/h1-3,6-10H,4-5H2,(H,20,21). The lowest BCUT2D eigenvalue weighted by Gasteiger charge is -2.09. The summed E-state index contributed by atoms with van der Waals surface area (Å²) in [7, 11) is 0. The Morgan fingerprint density at radius 2 is 2.10 bits per heavy atom. The number of hydrogen-bond acceptors (Lipinski definition) is 2. The van der Waals surface area contributed by atoms with Gasteiger partial charge in [0, 0.05) is 16.9 Å². The lowest BCUT2D eigenvalue weighted by atomic mass is 10.0. The molecular weight excluding hydrogens is 332 g/mol. The van der Waals surface area contributed by atoms with E-state index in [1.807, 2.05) is 30.3 Å². The van der Waals surface area contributed by atoms with Crippen molar-refractivity contribution in [2.24, 2.45) is 0 Å². The van der Waals surface area contributed by atoms with Crippen LogP contribution in [-0.2, 0) is 12.8 Å². The first kappa shape index (κ1) is 13.8. The molecule has 0 amide bonds. The number of benzene rings is 1. The molecule has 0 aliphatic rings. The molecule has 0 aliphatic carbocycles. The predicted octanol–water partition coefficient (Wildman–Crippen LogP) is 3.58. The average Bonchev–Trinajstić information content (AvgIpc) is 2.92. The Kier molecular flexibility index (Phi) is 3.75. The number of hydrogen-bond donors (Lipinski definition) is 1. The highest BCUT2D eigenvalue weighted by Crippen LogP contribution is 2.17. The number of carboxylic acids is 1. The second-order valence-electron chi connectivity index (χ2n) is 4.80. The van der Waals surface area contributed by atoms with Crippen LogP contribution in [0.1, 0.15) is 21.6 Å². The normalized spacial score (nSPS) is 10.9.